The van der Waals surface area contributed by atoms with Crippen molar-refractivity contribution in [3.8, 4) is 6.07 Å². The quantitative estimate of drug-likeness (QED) is 0.816. The molecule has 0 bridgehead atoms. The lowest BCUT2D eigenvalue weighted by atomic mass is 10.0. The second-order valence-electron chi connectivity index (χ2n) is 3.90. The molecule has 0 aliphatic carbocycles. The second kappa shape index (κ2) is 3.93. The van der Waals surface area contributed by atoms with E-state index in [1.54, 1.807) is 11.0 Å². The summed E-state index contributed by atoms with van der Waals surface area (Å²) in [4.78, 5) is 1.67. The molecule has 2 rings (SSSR count). The minimum Gasteiger partial charge on any atom is -0.389 e. The van der Waals surface area contributed by atoms with Crippen LogP contribution in [0.5, 0.6) is 0 Å². The van der Waals surface area contributed by atoms with E-state index in [1.165, 1.54) is 6.07 Å². The Morgan fingerprint density at radius 1 is 1.35 bits per heavy atom. The van der Waals surface area contributed by atoms with Gasteiger partial charge < -0.3 is 10.0 Å². The number of nitriles is 1. The van der Waals surface area contributed by atoms with E-state index in [4.69, 9.17) is 10.4 Å². The Bertz CT molecular complexity index is 473. The predicted molar refractivity (Wildman–Crippen MR) is 54.4 cm³/mol. The maximum absolute atomic E-state index is 12.4. The second-order valence-corrected chi connectivity index (χ2v) is 3.90. The maximum atomic E-state index is 12.4. The molecule has 1 heterocycles. The molecule has 1 aromatic rings. The largest absolute Gasteiger partial charge is 0.416 e. The average molecular weight is 242 g/mol. The van der Waals surface area contributed by atoms with Crippen molar-refractivity contribution in [1.82, 2.24) is 0 Å². The van der Waals surface area contributed by atoms with Crippen LogP contribution in [-0.4, -0.2) is 24.3 Å². The molecule has 3 nitrogen and oxygen atoms in total. The molecule has 1 N–H and O–H groups in total. The fourth-order valence-corrected chi connectivity index (χ4v) is 1.73. The fraction of sp³-hybridized carbons (Fsp3) is 0.364. The Morgan fingerprint density at radius 3 is 2.47 bits per heavy atom. The minimum atomic E-state index is -4.45. The number of hydrogen-bond acceptors (Lipinski definition) is 3. The van der Waals surface area contributed by atoms with Crippen molar-refractivity contribution in [3.05, 3.63) is 29.3 Å². The zero-order valence-electron chi connectivity index (χ0n) is 8.70. The van der Waals surface area contributed by atoms with Crippen LogP contribution in [0.15, 0.2) is 18.2 Å². The van der Waals surface area contributed by atoms with Gasteiger partial charge in [-0.2, -0.15) is 18.4 Å². The number of aliphatic hydroxyl groups excluding tert-OH is 1. The molecule has 0 aromatic heterocycles. The van der Waals surface area contributed by atoms with E-state index in [1.807, 2.05) is 0 Å². The van der Waals surface area contributed by atoms with Gasteiger partial charge in [-0.25, -0.2) is 0 Å². The minimum absolute atomic E-state index is 0.0216. The molecule has 0 unspecified atom stereocenters. The highest BCUT2D eigenvalue weighted by Crippen LogP contribution is 2.33. The topological polar surface area (TPSA) is 47.3 Å². The van der Waals surface area contributed by atoms with E-state index in [2.05, 4.69) is 0 Å². The van der Waals surface area contributed by atoms with Crippen molar-refractivity contribution >= 4 is 5.69 Å². The van der Waals surface area contributed by atoms with Gasteiger partial charge in [-0.15, -0.1) is 0 Å². The molecule has 0 spiro atoms. The summed E-state index contributed by atoms with van der Waals surface area (Å²) in [5.41, 5.74) is -0.420. The van der Waals surface area contributed by atoms with Gasteiger partial charge in [0.05, 0.1) is 22.9 Å². The van der Waals surface area contributed by atoms with Gasteiger partial charge in [0.25, 0.3) is 0 Å². The number of benzene rings is 1. The van der Waals surface area contributed by atoms with Gasteiger partial charge in [-0.3, -0.25) is 0 Å². The third-order valence-electron chi connectivity index (χ3n) is 2.65. The van der Waals surface area contributed by atoms with E-state index in [9.17, 15) is 13.2 Å². The molecule has 17 heavy (non-hydrogen) atoms. The van der Waals surface area contributed by atoms with Crippen molar-refractivity contribution in [2.45, 2.75) is 12.3 Å². The summed E-state index contributed by atoms with van der Waals surface area (Å²) in [6.07, 6.45) is -4.91. The summed E-state index contributed by atoms with van der Waals surface area (Å²) in [6.45, 7) is 0.695. The summed E-state index contributed by atoms with van der Waals surface area (Å²) in [6, 6.07) is 4.80. The van der Waals surface area contributed by atoms with Crippen LogP contribution in [-0.2, 0) is 6.18 Å². The molecule has 0 atom stereocenters. The standard InChI is InChI=1S/C11H9F3N2O/c12-11(13,14)8-1-2-10(7(3-8)4-15)16-5-9(17)6-16/h1-3,9,17H,5-6H2. The predicted octanol–water partition coefficient (Wildman–Crippen LogP) is 1.76. The van der Waals surface area contributed by atoms with Crippen molar-refractivity contribution in [1.29, 1.82) is 5.26 Å². The van der Waals surface area contributed by atoms with Crippen molar-refractivity contribution in [3.63, 3.8) is 0 Å². The van der Waals surface area contributed by atoms with Crippen LogP contribution >= 0.6 is 0 Å². The Hall–Kier alpha value is -1.74. The number of anilines is 1. The van der Waals surface area contributed by atoms with Crippen LogP contribution in [0.25, 0.3) is 0 Å². The number of alkyl halides is 3. The molecular formula is C11H9F3N2O. The van der Waals surface area contributed by atoms with Gasteiger partial charge in [0.1, 0.15) is 6.07 Å². The fourth-order valence-electron chi connectivity index (χ4n) is 1.73. The average Bonchev–Trinajstić information content (AvgIpc) is 2.23. The molecule has 1 saturated heterocycles. The van der Waals surface area contributed by atoms with Crippen molar-refractivity contribution < 1.29 is 18.3 Å². The Balaban J connectivity index is 2.34. The van der Waals surface area contributed by atoms with Crippen LogP contribution in [0.3, 0.4) is 0 Å². The normalized spacial score (nSPS) is 16.5. The number of rotatable bonds is 1. The maximum Gasteiger partial charge on any atom is 0.416 e. The Kier molecular flexibility index (Phi) is 2.71. The first kappa shape index (κ1) is 11.7. The summed E-state index contributed by atoms with van der Waals surface area (Å²) in [7, 11) is 0. The number of nitrogens with zero attached hydrogens (tertiary/aromatic N) is 2. The third-order valence-corrected chi connectivity index (χ3v) is 2.65. The lowest BCUT2D eigenvalue weighted by molar-refractivity contribution is -0.137. The van der Waals surface area contributed by atoms with Gasteiger partial charge in [-0.05, 0) is 18.2 Å². The first-order chi connectivity index (χ1) is 7.91. The molecule has 90 valence electrons. The van der Waals surface area contributed by atoms with Crippen molar-refractivity contribution in [2.24, 2.45) is 0 Å². The smallest absolute Gasteiger partial charge is 0.389 e. The molecule has 1 aliphatic rings. The Labute approximate surface area is 95.7 Å². The van der Waals surface area contributed by atoms with Crippen LogP contribution < -0.4 is 4.90 Å². The highest BCUT2D eigenvalue weighted by molar-refractivity contribution is 5.62. The molecule has 1 aromatic carbocycles. The summed E-state index contributed by atoms with van der Waals surface area (Å²) >= 11 is 0. The zero-order valence-corrected chi connectivity index (χ0v) is 8.70. The van der Waals surface area contributed by atoms with Crippen LogP contribution in [0, 0.1) is 11.3 Å². The van der Waals surface area contributed by atoms with E-state index in [0.29, 0.717) is 18.8 Å². The monoisotopic (exact) mass is 242 g/mol. The molecule has 1 aliphatic heterocycles. The van der Waals surface area contributed by atoms with Crippen LogP contribution in [0.2, 0.25) is 0 Å². The van der Waals surface area contributed by atoms with Crippen LogP contribution in [0.1, 0.15) is 11.1 Å². The summed E-state index contributed by atoms with van der Waals surface area (Å²) in [5, 5.41) is 18.0. The SMILES string of the molecule is N#Cc1cc(C(F)(F)F)ccc1N1CC(O)C1. The van der Waals surface area contributed by atoms with Gasteiger partial charge in [0, 0.05) is 13.1 Å². The molecule has 1 fully saturated rings. The lowest BCUT2D eigenvalue weighted by Gasteiger charge is -2.38. The molecule has 0 radical (unpaired) electrons. The van der Waals surface area contributed by atoms with Gasteiger partial charge in [0.15, 0.2) is 0 Å². The van der Waals surface area contributed by atoms with E-state index in [-0.39, 0.29) is 5.56 Å². The summed E-state index contributed by atoms with van der Waals surface area (Å²) in [5.74, 6) is 0. The number of aliphatic hydroxyl groups is 1. The van der Waals surface area contributed by atoms with Gasteiger partial charge >= 0.3 is 6.18 Å². The lowest BCUT2D eigenvalue weighted by Crippen LogP contribution is -2.51. The van der Waals surface area contributed by atoms with Crippen molar-refractivity contribution in [2.75, 3.05) is 18.0 Å². The Morgan fingerprint density at radius 2 is 2.00 bits per heavy atom. The van der Waals surface area contributed by atoms with E-state index in [0.717, 1.165) is 12.1 Å². The van der Waals surface area contributed by atoms with E-state index >= 15 is 0 Å². The summed E-state index contributed by atoms with van der Waals surface area (Å²) < 4.78 is 37.3. The first-order valence-corrected chi connectivity index (χ1v) is 4.96. The molecular weight excluding hydrogens is 233 g/mol. The highest BCUT2D eigenvalue weighted by atomic mass is 19.4. The number of β-amino-alcohol motifs (C(OH)–C–C–N with tert-alkyl or cyclic N) is 1. The zero-order chi connectivity index (χ0) is 12.6. The third kappa shape index (κ3) is 2.19. The first-order valence-electron chi connectivity index (χ1n) is 4.96. The molecule has 6 heteroatoms. The highest BCUT2D eigenvalue weighted by Gasteiger charge is 2.32. The number of hydrogen-bond donors (Lipinski definition) is 1. The number of halogens is 3. The molecule has 0 amide bonds. The van der Waals surface area contributed by atoms with Gasteiger partial charge in [0.2, 0.25) is 0 Å². The van der Waals surface area contributed by atoms with Crippen LogP contribution in [0.4, 0.5) is 18.9 Å². The van der Waals surface area contributed by atoms with Gasteiger partial charge in [-0.1, -0.05) is 0 Å². The molecule has 0 saturated carbocycles. The van der Waals surface area contributed by atoms with E-state index < -0.39 is 17.8 Å².